The fourth-order valence-electron chi connectivity index (χ4n) is 2.03. The molecule has 3 rings (SSSR count). The number of thiol groups is 1. The highest BCUT2D eigenvalue weighted by Gasteiger charge is 2.19. The molecule has 11 heteroatoms. The van der Waals surface area contributed by atoms with Crippen LogP contribution in [0.15, 0.2) is 35.3 Å². The first kappa shape index (κ1) is 15.2. The van der Waals surface area contributed by atoms with Crippen molar-refractivity contribution in [1.29, 1.82) is 0 Å². The van der Waals surface area contributed by atoms with Gasteiger partial charge in [0.15, 0.2) is 0 Å². The highest BCUT2D eigenvalue weighted by molar-refractivity contribution is 7.78. The van der Waals surface area contributed by atoms with Crippen LogP contribution in [-0.4, -0.2) is 29.4 Å². The molecule has 0 aliphatic heterocycles. The fourth-order valence-corrected chi connectivity index (χ4v) is 2.18. The number of halogens is 2. The zero-order valence-electron chi connectivity index (χ0n) is 11.4. The summed E-state index contributed by atoms with van der Waals surface area (Å²) in [5.41, 5.74) is -0.626. The average molecular weight is 340 g/mol. The molecule has 0 radical (unpaired) electrons. The molecule has 2 heterocycles. The van der Waals surface area contributed by atoms with Gasteiger partial charge in [0.1, 0.15) is 6.61 Å². The van der Waals surface area contributed by atoms with Gasteiger partial charge < -0.3 is 4.74 Å². The van der Waals surface area contributed by atoms with Crippen molar-refractivity contribution in [3.05, 3.63) is 52.1 Å². The number of aromatic nitrogens is 6. The Labute approximate surface area is 133 Å². The SMILES string of the molecule is O=c1[nH]nnn1-c1cccc(C(F)F)c1COc1ccn(S)n1. The Morgan fingerprint density at radius 2 is 2.17 bits per heavy atom. The fraction of sp³-hybridized carbons (Fsp3) is 0.167. The molecule has 120 valence electrons. The molecular formula is C12H10F2N6O2S. The van der Waals surface area contributed by atoms with Gasteiger partial charge in [-0.1, -0.05) is 12.1 Å². The van der Waals surface area contributed by atoms with Crippen LogP contribution in [0.4, 0.5) is 8.78 Å². The van der Waals surface area contributed by atoms with E-state index in [1.807, 2.05) is 0 Å². The van der Waals surface area contributed by atoms with Crippen LogP contribution < -0.4 is 10.4 Å². The minimum Gasteiger partial charge on any atom is -0.472 e. The molecule has 0 bridgehead atoms. The van der Waals surface area contributed by atoms with E-state index >= 15 is 0 Å². The van der Waals surface area contributed by atoms with Crippen LogP contribution in [-0.2, 0) is 6.61 Å². The summed E-state index contributed by atoms with van der Waals surface area (Å²) in [5, 5.41) is 12.9. The molecule has 3 aromatic rings. The quantitative estimate of drug-likeness (QED) is 0.685. The maximum absolute atomic E-state index is 13.3. The zero-order valence-corrected chi connectivity index (χ0v) is 12.3. The Balaban J connectivity index is 2.01. The molecule has 0 amide bonds. The summed E-state index contributed by atoms with van der Waals surface area (Å²) in [5.74, 6) is 0.211. The number of H-pyrrole nitrogens is 1. The van der Waals surface area contributed by atoms with Gasteiger partial charge in [-0.25, -0.2) is 22.8 Å². The molecule has 0 saturated carbocycles. The summed E-state index contributed by atoms with van der Waals surface area (Å²) in [6.45, 7) is -0.222. The molecule has 1 N–H and O–H groups in total. The second-order valence-corrected chi connectivity index (χ2v) is 4.84. The van der Waals surface area contributed by atoms with Crippen LogP contribution in [0, 0.1) is 0 Å². The van der Waals surface area contributed by atoms with E-state index in [2.05, 4.69) is 33.4 Å². The highest BCUT2D eigenvalue weighted by Crippen LogP contribution is 2.27. The van der Waals surface area contributed by atoms with Gasteiger partial charge in [-0.05, 0) is 29.3 Å². The van der Waals surface area contributed by atoms with Gasteiger partial charge in [-0.3, -0.25) is 0 Å². The van der Waals surface area contributed by atoms with Crippen molar-refractivity contribution >= 4 is 12.8 Å². The number of aromatic amines is 1. The molecule has 0 fully saturated rings. The molecule has 2 aromatic heterocycles. The van der Waals surface area contributed by atoms with Gasteiger partial charge in [0.05, 0.1) is 5.69 Å². The Morgan fingerprint density at radius 3 is 2.78 bits per heavy atom. The van der Waals surface area contributed by atoms with Crippen molar-refractivity contribution in [3.63, 3.8) is 0 Å². The van der Waals surface area contributed by atoms with Crippen molar-refractivity contribution in [3.8, 4) is 11.6 Å². The van der Waals surface area contributed by atoms with Gasteiger partial charge >= 0.3 is 5.69 Å². The van der Waals surface area contributed by atoms with Crippen LogP contribution in [0.1, 0.15) is 17.6 Å². The predicted octanol–water partition coefficient (Wildman–Crippen LogP) is 1.36. The normalized spacial score (nSPS) is 11.1. The van der Waals surface area contributed by atoms with Crippen molar-refractivity contribution in [2.75, 3.05) is 0 Å². The molecule has 0 spiro atoms. The summed E-state index contributed by atoms with van der Waals surface area (Å²) in [6.07, 6.45) is -1.21. The number of alkyl halides is 2. The maximum atomic E-state index is 13.3. The van der Waals surface area contributed by atoms with E-state index < -0.39 is 12.1 Å². The predicted molar refractivity (Wildman–Crippen MR) is 77.9 cm³/mol. The van der Waals surface area contributed by atoms with Gasteiger partial charge in [0.2, 0.25) is 5.88 Å². The largest absolute Gasteiger partial charge is 0.472 e. The first-order valence-electron chi connectivity index (χ1n) is 6.34. The van der Waals surface area contributed by atoms with E-state index in [1.165, 1.54) is 34.5 Å². The van der Waals surface area contributed by atoms with Gasteiger partial charge in [-0.15, -0.1) is 5.10 Å². The third kappa shape index (κ3) is 3.08. The first-order chi connectivity index (χ1) is 11.1. The first-order valence-corrected chi connectivity index (χ1v) is 6.74. The van der Waals surface area contributed by atoms with Crippen molar-refractivity contribution in [2.45, 2.75) is 13.0 Å². The Morgan fingerprint density at radius 1 is 1.35 bits per heavy atom. The lowest BCUT2D eigenvalue weighted by atomic mass is 10.1. The molecule has 0 aliphatic carbocycles. The zero-order chi connectivity index (χ0) is 16.4. The van der Waals surface area contributed by atoms with Crippen LogP contribution >= 0.6 is 12.8 Å². The molecular weight excluding hydrogens is 330 g/mol. The van der Waals surface area contributed by atoms with Crippen LogP contribution in [0.3, 0.4) is 0 Å². The van der Waals surface area contributed by atoms with Crippen LogP contribution in [0.2, 0.25) is 0 Å². The number of nitrogens with one attached hydrogen (secondary N) is 1. The summed E-state index contributed by atoms with van der Waals surface area (Å²) >= 11 is 3.96. The van der Waals surface area contributed by atoms with E-state index in [-0.39, 0.29) is 29.3 Å². The molecule has 23 heavy (non-hydrogen) atoms. The van der Waals surface area contributed by atoms with E-state index in [0.29, 0.717) is 0 Å². The summed E-state index contributed by atoms with van der Waals surface area (Å²) < 4.78 is 34.0. The lowest BCUT2D eigenvalue weighted by Crippen LogP contribution is -2.19. The summed E-state index contributed by atoms with van der Waals surface area (Å²) in [6, 6.07) is 5.67. The third-order valence-corrected chi connectivity index (χ3v) is 3.26. The number of rotatable bonds is 5. The van der Waals surface area contributed by atoms with Crippen molar-refractivity contribution in [1.82, 2.24) is 29.4 Å². The Hall–Kier alpha value is -2.69. The van der Waals surface area contributed by atoms with E-state index in [1.54, 1.807) is 0 Å². The average Bonchev–Trinajstić information content (AvgIpc) is 3.13. The summed E-state index contributed by atoms with van der Waals surface area (Å²) in [4.78, 5) is 11.7. The smallest absolute Gasteiger partial charge is 0.365 e. The standard InChI is InChI=1S/C12H10F2N6O2S/c13-11(14)7-2-1-3-9(20-12(21)15-17-18-20)8(7)6-22-10-4-5-19(23)16-10/h1-5,11,23H,6H2,(H,15,18,21). The number of ether oxygens (including phenoxy) is 1. The number of nitrogens with zero attached hydrogens (tertiary/aromatic N) is 5. The maximum Gasteiger partial charge on any atom is 0.365 e. The lowest BCUT2D eigenvalue weighted by Gasteiger charge is -2.13. The molecule has 0 saturated heterocycles. The van der Waals surface area contributed by atoms with Crippen LogP contribution in [0.25, 0.3) is 5.69 Å². The Kier molecular flexibility index (Phi) is 4.10. The minimum atomic E-state index is -2.74. The third-order valence-electron chi connectivity index (χ3n) is 3.04. The van der Waals surface area contributed by atoms with Gasteiger partial charge in [0.25, 0.3) is 6.43 Å². The molecule has 1 aromatic carbocycles. The van der Waals surface area contributed by atoms with E-state index in [4.69, 9.17) is 4.74 Å². The van der Waals surface area contributed by atoms with Gasteiger partial charge in [0, 0.05) is 23.4 Å². The van der Waals surface area contributed by atoms with Crippen LogP contribution in [0.5, 0.6) is 5.88 Å². The van der Waals surface area contributed by atoms with Gasteiger partial charge in [-0.2, -0.15) is 4.68 Å². The molecule has 0 unspecified atom stereocenters. The second-order valence-electron chi connectivity index (χ2n) is 4.43. The highest BCUT2D eigenvalue weighted by atomic mass is 32.1. The number of hydrogen-bond acceptors (Lipinski definition) is 6. The second kappa shape index (κ2) is 6.20. The molecule has 8 nitrogen and oxygen atoms in total. The number of benzene rings is 1. The Bertz CT molecular complexity index is 874. The molecule has 0 aliphatic rings. The van der Waals surface area contributed by atoms with E-state index in [0.717, 1.165) is 4.68 Å². The number of tetrazole rings is 1. The number of hydrogen-bond donors (Lipinski definition) is 2. The minimum absolute atomic E-state index is 0.118. The monoisotopic (exact) mass is 340 g/mol. The summed E-state index contributed by atoms with van der Waals surface area (Å²) in [7, 11) is 0. The molecule has 0 atom stereocenters. The lowest BCUT2D eigenvalue weighted by molar-refractivity contribution is 0.147. The van der Waals surface area contributed by atoms with E-state index in [9.17, 15) is 13.6 Å². The van der Waals surface area contributed by atoms with Crippen molar-refractivity contribution in [2.24, 2.45) is 0 Å². The topological polar surface area (TPSA) is 90.6 Å². The van der Waals surface area contributed by atoms with Crippen molar-refractivity contribution < 1.29 is 13.5 Å².